The summed E-state index contributed by atoms with van der Waals surface area (Å²) >= 11 is 0. The Morgan fingerprint density at radius 2 is 1.34 bits per heavy atom. The third-order valence-corrected chi connectivity index (χ3v) is 4.32. The van der Waals surface area contributed by atoms with E-state index in [0.29, 0.717) is 6.42 Å². The molecule has 0 fully saturated rings. The molecule has 8 N–H and O–H groups in total. The van der Waals surface area contributed by atoms with E-state index in [1.165, 1.54) is 13.8 Å². The topological polar surface area (TPSA) is 208 Å². The van der Waals surface area contributed by atoms with Gasteiger partial charge in [0.2, 0.25) is 17.7 Å². The molecule has 0 saturated heterocycles. The zero-order chi connectivity index (χ0) is 22.9. The molecule has 0 aliphatic carbocycles. The number of nitrogens with one attached hydrogen (secondary N) is 3. The van der Waals surface area contributed by atoms with Crippen molar-refractivity contribution in [3.05, 3.63) is 0 Å². The van der Waals surface area contributed by atoms with Gasteiger partial charge in [0.25, 0.3) is 0 Å². The lowest BCUT2D eigenvalue weighted by molar-refractivity contribution is -0.142. The largest absolute Gasteiger partial charge is 0.481 e. The van der Waals surface area contributed by atoms with Gasteiger partial charge in [-0.2, -0.15) is 0 Å². The van der Waals surface area contributed by atoms with Crippen molar-refractivity contribution >= 4 is 29.7 Å². The Bertz CT molecular complexity index is 625. The van der Waals surface area contributed by atoms with Crippen molar-refractivity contribution in [2.75, 3.05) is 0 Å². The van der Waals surface area contributed by atoms with E-state index in [-0.39, 0.29) is 5.92 Å². The number of aliphatic hydroxyl groups is 1. The SMILES string of the molecule is CCC(C)C(NC(=O)C(NC(=O)C(N)CC(=O)O)C(C)O)C(=O)NC(C)C(=O)O. The first-order valence-electron chi connectivity index (χ1n) is 9.11. The van der Waals surface area contributed by atoms with Crippen LogP contribution in [0.1, 0.15) is 40.5 Å². The second kappa shape index (κ2) is 12.0. The van der Waals surface area contributed by atoms with Crippen LogP contribution >= 0.6 is 0 Å². The van der Waals surface area contributed by atoms with E-state index in [4.69, 9.17) is 15.9 Å². The second-order valence-electron chi connectivity index (χ2n) is 6.87. The Labute approximate surface area is 168 Å². The van der Waals surface area contributed by atoms with E-state index in [1.54, 1.807) is 13.8 Å². The van der Waals surface area contributed by atoms with Gasteiger partial charge in [0, 0.05) is 0 Å². The number of carbonyl (C=O) groups is 5. The van der Waals surface area contributed by atoms with Crippen LogP contribution in [-0.2, 0) is 24.0 Å². The predicted octanol–water partition coefficient (Wildman–Crippen LogP) is -2.23. The summed E-state index contributed by atoms with van der Waals surface area (Å²) < 4.78 is 0. The number of aliphatic hydroxyl groups excluding tert-OH is 1. The summed E-state index contributed by atoms with van der Waals surface area (Å²) in [7, 11) is 0. The first-order valence-corrected chi connectivity index (χ1v) is 9.11. The van der Waals surface area contributed by atoms with Gasteiger partial charge in [-0.1, -0.05) is 20.3 Å². The van der Waals surface area contributed by atoms with Crippen molar-refractivity contribution < 1.29 is 39.3 Å². The van der Waals surface area contributed by atoms with E-state index in [0.717, 1.165) is 0 Å². The lowest BCUT2D eigenvalue weighted by Crippen LogP contribution is -2.60. The number of nitrogens with two attached hydrogens (primary N) is 1. The fourth-order valence-corrected chi connectivity index (χ4v) is 2.26. The molecule has 166 valence electrons. The summed E-state index contributed by atoms with van der Waals surface area (Å²) in [4.78, 5) is 58.6. The molecule has 0 heterocycles. The standard InChI is InChI=1S/C17H30N4O8/c1-5-7(2)12(15(26)19-8(3)17(28)29)20-16(27)13(9(4)22)21-14(25)10(18)6-11(23)24/h7-10,12-13,22H,5-6,18H2,1-4H3,(H,19,26)(H,20,27)(H,21,25)(H,23,24)(H,28,29). The van der Waals surface area contributed by atoms with Crippen LogP contribution in [0.25, 0.3) is 0 Å². The van der Waals surface area contributed by atoms with E-state index in [1.807, 2.05) is 0 Å². The van der Waals surface area contributed by atoms with E-state index in [9.17, 15) is 29.1 Å². The molecule has 12 nitrogen and oxygen atoms in total. The van der Waals surface area contributed by atoms with Crippen molar-refractivity contribution in [2.24, 2.45) is 11.7 Å². The lowest BCUT2D eigenvalue weighted by atomic mass is 9.97. The Hall–Kier alpha value is -2.73. The number of rotatable bonds is 12. The molecule has 0 aliphatic rings. The van der Waals surface area contributed by atoms with Crippen LogP contribution in [0.5, 0.6) is 0 Å². The van der Waals surface area contributed by atoms with Gasteiger partial charge < -0.3 is 37.0 Å². The van der Waals surface area contributed by atoms with Gasteiger partial charge in [0.05, 0.1) is 18.6 Å². The molecule has 0 aliphatic heterocycles. The fraction of sp³-hybridized carbons (Fsp3) is 0.706. The van der Waals surface area contributed by atoms with Gasteiger partial charge in [0.15, 0.2) is 0 Å². The highest BCUT2D eigenvalue weighted by Gasteiger charge is 2.33. The van der Waals surface area contributed by atoms with E-state index >= 15 is 0 Å². The van der Waals surface area contributed by atoms with Gasteiger partial charge in [-0.3, -0.25) is 24.0 Å². The Morgan fingerprint density at radius 1 is 0.862 bits per heavy atom. The zero-order valence-corrected chi connectivity index (χ0v) is 16.8. The van der Waals surface area contributed by atoms with Gasteiger partial charge in [-0.15, -0.1) is 0 Å². The zero-order valence-electron chi connectivity index (χ0n) is 16.8. The summed E-state index contributed by atoms with van der Waals surface area (Å²) in [5.41, 5.74) is 5.44. The third-order valence-electron chi connectivity index (χ3n) is 4.32. The molecule has 0 aromatic rings. The molecule has 0 bridgehead atoms. The minimum Gasteiger partial charge on any atom is -0.481 e. The molecular formula is C17H30N4O8. The van der Waals surface area contributed by atoms with Crippen molar-refractivity contribution in [1.82, 2.24) is 16.0 Å². The molecule has 12 heteroatoms. The molecule has 0 spiro atoms. The highest BCUT2D eigenvalue weighted by Crippen LogP contribution is 2.09. The van der Waals surface area contributed by atoms with E-state index < -0.39 is 66.4 Å². The maximum Gasteiger partial charge on any atom is 0.325 e. The molecule has 0 rings (SSSR count). The van der Waals surface area contributed by atoms with Crippen LogP contribution in [0.2, 0.25) is 0 Å². The number of hydrogen-bond acceptors (Lipinski definition) is 7. The van der Waals surface area contributed by atoms with E-state index in [2.05, 4.69) is 16.0 Å². The van der Waals surface area contributed by atoms with Gasteiger partial charge >= 0.3 is 11.9 Å². The highest BCUT2D eigenvalue weighted by atomic mass is 16.4. The normalized spacial score (nSPS) is 17.0. The minimum absolute atomic E-state index is 0.389. The first kappa shape index (κ1) is 26.3. The van der Waals surface area contributed by atoms with Crippen LogP contribution in [0.3, 0.4) is 0 Å². The molecule has 0 aromatic carbocycles. The fourth-order valence-electron chi connectivity index (χ4n) is 2.26. The molecule has 0 radical (unpaired) electrons. The van der Waals surface area contributed by atoms with Crippen LogP contribution in [0, 0.1) is 5.92 Å². The summed E-state index contributed by atoms with van der Waals surface area (Å²) in [6.07, 6.45) is -1.59. The molecular weight excluding hydrogens is 388 g/mol. The Kier molecular flexibility index (Phi) is 10.8. The molecule has 3 amide bonds. The smallest absolute Gasteiger partial charge is 0.325 e. The molecule has 6 unspecified atom stereocenters. The second-order valence-corrected chi connectivity index (χ2v) is 6.87. The monoisotopic (exact) mass is 418 g/mol. The number of hydrogen-bond donors (Lipinski definition) is 7. The van der Waals surface area contributed by atoms with Crippen LogP contribution in [0.4, 0.5) is 0 Å². The highest BCUT2D eigenvalue weighted by molar-refractivity contribution is 5.95. The summed E-state index contributed by atoms with van der Waals surface area (Å²) in [6.45, 7) is 5.90. The number of carboxylic acids is 2. The number of carbonyl (C=O) groups excluding carboxylic acids is 3. The minimum atomic E-state index is -1.50. The first-order chi connectivity index (χ1) is 13.3. The summed E-state index contributed by atoms with van der Waals surface area (Å²) in [5, 5.41) is 34.3. The van der Waals surface area contributed by atoms with Crippen LogP contribution < -0.4 is 21.7 Å². The Morgan fingerprint density at radius 3 is 1.76 bits per heavy atom. The van der Waals surface area contributed by atoms with Gasteiger partial charge in [-0.25, -0.2) is 0 Å². The number of amides is 3. The average Bonchev–Trinajstić information content (AvgIpc) is 2.61. The summed E-state index contributed by atoms with van der Waals surface area (Å²) in [5.74, 6) is -5.56. The predicted molar refractivity (Wildman–Crippen MR) is 100 cm³/mol. The molecule has 6 atom stereocenters. The quantitative estimate of drug-likeness (QED) is 0.183. The molecule has 29 heavy (non-hydrogen) atoms. The number of carboxylic acid groups (broad SMARTS) is 2. The number of aliphatic carboxylic acids is 2. The lowest BCUT2D eigenvalue weighted by Gasteiger charge is -2.28. The van der Waals surface area contributed by atoms with Gasteiger partial charge in [-0.05, 0) is 19.8 Å². The van der Waals surface area contributed by atoms with Crippen molar-refractivity contribution in [1.29, 1.82) is 0 Å². The van der Waals surface area contributed by atoms with Crippen LogP contribution in [0.15, 0.2) is 0 Å². The van der Waals surface area contributed by atoms with Crippen molar-refractivity contribution in [2.45, 2.75) is 70.8 Å². The average molecular weight is 418 g/mol. The van der Waals surface area contributed by atoms with Gasteiger partial charge in [0.1, 0.15) is 18.1 Å². The molecule has 0 aromatic heterocycles. The molecule has 0 saturated carbocycles. The maximum absolute atomic E-state index is 12.6. The van der Waals surface area contributed by atoms with Crippen molar-refractivity contribution in [3.63, 3.8) is 0 Å². The van der Waals surface area contributed by atoms with Crippen molar-refractivity contribution in [3.8, 4) is 0 Å². The Balaban J connectivity index is 5.34. The summed E-state index contributed by atoms with van der Waals surface area (Å²) in [6, 6.07) is -5.25. The third kappa shape index (κ3) is 8.87. The maximum atomic E-state index is 12.6. The van der Waals surface area contributed by atoms with Crippen LogP contribution in [-0.4, -0.2) is 75.3 Å².